The standard InChI is InChI=1S/C18H15BrFN3O5S/c1-10(21-17-12-4-2-3-5-15(12)29(26,27)23-17)18(25)28-9-16(24)22-14-7-6-11(19)8-13(14)20/h2-8,10H,9H2,1H3,(H,21,23)(H,22,24)/t10-/m0/s1. The molecule has 0 spiro atoms. The third-order valence-electron chi connectivity index (χ3n) is 3.88. The van der Waals surface area contributed by atoms with Gasteiger partial charge in [0.15, 0.2) is 6.61 Å². The molecule has 0 saturated carbocycles. The molecule has 0 radical (unpaired) electrons. The van der Waals surface area contributed by atoms with Crippen LogP contribution < -0.4 is 10.0 Å². The van der Waals surface area contributed by atoms with E-state index in [1.807, 2.05) is 0 Å². The van der Waals surface area contributed by atoms with E-state index in [2.05, 4.69) is 31.0 Å². The summed E-state index contributed by atoms with van der Waals surface area (Å²) in [5.74, 6) is -2.20. The number of anilines is 1. The van der Waals surface area contributed by atoms with E-state index in [9.17, 15) is 22.4 Å². The van der Waals surface area contributed by atoms with Crippen LogP contribution in [0.2, 0.25) is 0 Å². The van der Waals surface area contributed by atoms with Crippen molar-refractivity contribution in [1.29, 1.82) is 0 Å². The van der Waals surface area contributed by atoms with Crippen LogP contribution in [0.1, 0.15) is 12.5 Å². The second kappa shape index (κ2) is 8.29. The summed E-state index contributed by atoms with van der Waals surface area (Å²) in [6.45, 7) is 0.753. The summed E-state index contributed by atoms with van der Waals surface area (Å²) >= 11 is 3.10. The Morgan fingerprint density at radius 3 is 2.72 bits per heavy atom. The fourth-order valence-corrected chi connectivity index (χ4v) is 4.08. The molecule has 0 fully saturated rings. The molecule has 0 bridgehead atoms. The Bertz CT molecular complexity index is 1120. The zero-order valence-corrected chi connectivity index (χ0v) is 17.4. The van der Waals surface area contributed by atoms with Crippen LogP contribution >= 0.6 is 15.9 Å². The number of carbonyl (C=O) groups excluding carboxylic acids is 2. The fraction of sp³-hybridized carbons (Fsp3) is 0.167. The molecule has 29 heavy (non-hydrogen) atoms. The molecule has 1 heterocycles. The molecule has 0 saturated heterocycles. The fourth-order valence-electron chi connectivity index (χ4n) is 2.51. The molecule has 1 atom stereocenters. The monoisotopic (exact) mass is 483 g/mol. The number of hydrogen-bond donors (Lipinski definition) is 2. The average Bonchev–Trinajstić information content (AvgIpc) is 2.92. The lowest BCUT2D eigenvalue weighted by molar-refractivity contribution is -0.148. The lowest BCUT2D eigenvalue weighted by Gasteiger charge is -2.10. The number of amides is 1. The third kappa shape index (κ3) is 4.80. The molecule has 0 aromatic heterocycles. The highest BCUT2D eigenvalue weighted by atomic mass is 79.9. The molecule has 0 aliphatic carbocycles. The predicted molar refractivity (Wildman–Crippen MR) is 106 cm³/mol. The Morgan fingerprint density at radius 1 is 1.28 bits per heavy atom. The normalized spacial score (nSPS) is 16.6. The van der Waals surface area contributed by atoms with Crippen molar-refractivity contribution in [3.63, 3.8) is 0 Å². The molecule has 2 aromatic rings. The van der Waals surface area contributed by atoms with E-state index < -0.39 is 40.4 Å². The molecule has 0 unspecified atom stereocenters. The van der Waals surface area contributed by atoms with Gasteiger partial charge in [-0.05, 0) is 37.3 Å². The number of nitrogens with zero attached hydrogens (tertiary/aromatic N) is 1. The summed E-state index contributed by atoms with van der Waals surface area (Å²) < 4.78 is 45.5. The quantitative estimate of drug-likeness (QED) is 0.632. The lowest BCUT2D eigenvalue weighted by Crippen LogP contribution is -2.29. The summed E-state index contributed by atoms with van der Waals surface area (Å²) in [5, 5.41) is 2.29. The molecule has 152 valence electrons. The van der Waals surface area contributed by atoms with Gasteiger partial charge in [-0.3, -0.25) is 14.5 Å². The van der Waals surface area contributed by atoms with E-state index in [1.165, 1.54) is 25.1 Å². The van der Waals surface area contributed by atoms with Crippen LogP contribution in [0.4, 0.5) is 10.1 Å². The number of aliphatic imine (C=N–C) groups is 1. The number of carbonyl (C=O) groups is 2. The van der Waals surface area contributed by atoms with Gasteiger partial charge >= 0.3 is 5.97 Å². The molecule has 1 amide bonds. The Labute approximate surface area is 174 Å². The number of rotatable bonds is 5. The van der Waals surface area contributed by atoms with Gasteiger partial charge in [0.05, 0.1) is 10.6 Å². The highest BCUT2D eigenvalue weighted by Crippen LogP contribution is 2.23. The van der Waals surface area contributed by atoms with E-state index in [-0.39, 0.29) is 16.4 Å². The Kier molecular flexibility index (Phi) is 5.99. The van der Waals surface area contributed by atoms with Crippen LogP contribution in [0.5, 0.6) is 0 Å². The Balaban J connectivity index is 1.61. The van der Waals surface area contributed by atoms with Crippen molar-refractivity contribution in [3.05, 3.63) is 58.3 Å². The van der Waals surface area contributed by atoms with Crippen LogP contribution in [0.15, 0.2) is 56.8 Å². The maximum Gasteiger partial charge on any atom is 0.331 e. The first-order chi connectivity index (χ1) is 13.7. The van der Waals surface area contributed by atoms with Gasteiger partial charge in [-0.2, -0.15) is 0 Å². The number of benzene rings is 2. The first-order valence-electron chi connectivity index (χ1n) is 8.29. The zero-order chi connectivity index (χ0) is 21.2. The molecular formula is C18H15BrFN3O5S. The van der Waals surface area contributed by atoms with Crippen LogP contribution in [0, 0.1) is 5.82 Å². The number of sulfonamides is 1. The highest BCUT2D eigenvalue weighted by molar-refractivity contribution is 9.10. The average molecular weight is 484 g/mol. The molecule has 2 N–H and O–H groups in total. The van der Waals surface area contributed by atoms with E-state index >= 15 is 0 Å². The number of nitrogens with one attached hydrogen (secondary N) is 2. The van der Waals surface area contributed by atoms with Crippen LogP contribution in [0.25, 0.3) is 0 Å². The number of hydrogen-bond acceptors (Lipinski definition) is 6. The van der Waals surface area contributed by atoms with Gasteiger partial charge in [0.2, 0.25) is 0 Å². The lowest BCUT2D eigenvalue weighted by atomic mass is 10.2. The number of esters is 1. The SMILES string of the molecule is C[C@H](N=C1NS(=O)(=O)c2ccccc21)C(=O)OCC(=O)Nc1ccc(Br)cc1F. The van der Waals surface area contributed by atoms with Crippen molar-refractivity contribution >= 4 is 49.4 Å². The van der Waals surface area contributed by atoms with Gasteiger partial charge in [0.25, 0.3) is 15.9 Å². The van der Waals surface area contributed by atoms with E-state index in [1.54, 1.807) is 24.3 Å². The summed E-state index contributed by atoms with van der Waals surface area (Å²) in [5.41, 5.74) is 0.287. The van der Waals surface area contributed by atoms with Gasteiger partial charge in [0, 0.05) is 10.0 Å². The summed E-state index contributed by atoms with van der Waals surface area (Å²) in [4.78, 5) is 28.1. The number of amidine groups is 1. The second-order valence-electron chi connectivity index (χ2n) is 6.04. The van der Waals surface area contributed by atoms with Crippen molar-refractivity contribution in [2.75, 3.05) is 11.9 Å². The summed E-state index contributed by atoms with van der Waals surface area (Å²) in [7, 11) is -3.73. The van der Waals surface area contributed by atoms with Crippen LogP contribution in [-0.2, 0) is 24.3 Å². The van der Waals surface area contributed by atoms with E-state index in [0.29, 0.717) is 10.0 Å². The van der Waals surface area contributed by atoms with Crippen molar-refractivity contribution in [3.8, 4) is 0 Å². The minimum absolute atomic E-state index is 0.0198. The van der Waals surface area contributed by atoms with Gasteiger partial charge in [-0.15, -0.1) is 0 Å². The van der Waals surface area contributed by atoms with Gasteiger partial charge in [0.1, 0.15) is 17.7 Å². The molecule has 2 aromatic carbocycles. The van der Waals surface area contributed by atoms with Crippen molar-refractivity contribution in [2.45, 2.75) is 17.9 Å². The molecule has 11 heteroatoms. The summed E-state index contributed by atoms with van der Waals surface area (Å²) in [6, 6.07) is 9.22. The maximum absolute atomic E-state index is 13.7. The molecule has 3 rings (SSSR count). The molecular weight excluding hydrogens is 469 g/mol. The summed E-state index contributed by atoms with van der Waals surface area (Å²) in [6.07, 6.45) is 0. The molecule has 1 aliphatic heterocycles. The van der Waals surface area contributed by atoms with Crippen LogP contribution in [-0.4, -0.2) is 38.8 Å². The minimum Gasteiger partial charge on any atom is -0.454 e. The zero-order valence-electron chi connectivity index (χ0n) is 15.0. The van der Waals surface area contributed by atoms with Gasteiger partial charge < -0.3 is 10.1 Å². The smallest absolute Gasteiger partial charge is 0.331 e. The first-order valence-corrected chi connectivity index (χ1v) is 10.6. The highest BCUT2D eigenvalue weighted by Gasteiger charge is 2.31. The van der Waals surface area contributed by atoms with E-state index in [0.717, 1.165) is 0 Å². The van der Waals surface area contributed by atoms with Crippen molar-refractivity contribution < 1.29 is 27.1 Å². The largest absolute Gasteiger partial charge is 0.454 e. The number of fused-ring (bicyclic) bond motifs is 1. The molecule has 1 aliphatic rings. The Hall–Kier alpha value is -2.79. The first kappa shape index (κ1) is 20.9. The van der Waals surface area contributed by atoms with Crippen LogP contribution in [0.3, 0.4) is 0 Å². The number of ether oxygens (including phenoxy) is 1. The topological polar surface area (TPSA) is 114 Å². The van der Waals surface area contributed by atoms with Gasteiger partial charge in [-0.25, -0.2) is 17.6 Å². The minimum atomic E-state index is -3.73. The molecule has 8 nitrogen and oxygen atoms in total. The third-order valence-corrected chi connectivity index (χ3v) is 5.77. The number of halogens is 2. The van der Waals surface area contributed by atoms with Gasteiger partial charge in [-0.1, -0.05) is 28.1 Å². The van der Waals surface area contributed by atoms with Crippen molar-refractivity contribution in [2.24, 2.45) is 4.99 Å². The maximum atomic E-state index is 13.7. The van der Waals surface area contributed by atoms with E-state index in [4.69, 9.17) is 4.74 Å². The van der Waals surface area contributed by atoms with Crippen molar-refractivity contribution in [1.82, 2.24) is 4.72 Å². The Morgan fingerprint density at radius 2 is 2.00 bits per heavy atom. The predicted octanol–water partition coefficient (Wildman–Crippen LogP) is 2.20. The second-order valence-corrected chi connectivity index (χ2v) is 8.60.